The van der Waals surface area contributed by atoms with E-state index in [2.05, 4.69) is 0 Å². The lowest BCUT2D eigenvalue weighted by atomic mass is 9.51. The highest BCUT2D eigenvalue weighted by atomic mass is 16.8. The van der Waals surface area contributed by atoms with Crippen molar-refractivity contribution >= 4 is 17.9 Å². The molecule has 4 heterocycles. The Labute approximate surface area is 171 Å². The van der Waals surface area contributed by atoms with Crippen LogP contribution in [0.5, 0.6) is 0 Å². The van der Waals surface area contributed by atoms with E-state index in [0.29, 0.717) is 0 Å². The third-order valence-electron chi connectivity index (χ3n) is 8.91. The van der Waals surface area contributed by atoms with Crippen molar-refractivity contribution in [2.24, 2.45) is 28.1 Å². The third-order valence-corrected chi connectivity index (χ3v) is 8.91. The molecule has 4 aliphatic heterocycles. The Morgan fingerprint density at radius 2 is 1.70 bits per heavy atom. The molecule has 164 valence electrons. The van der Waals surface area contributed by atoms with Crippen molar-refractivity contribution in [3.8, 4) is 0 Å². The maximum absolute atomic E-state index is 13.4. The average molecular weight is 424 g/mol. The Balaban J connectivity index is 1.71. The second-order valence-electron chi connectivity index (χ2n) is 10.7. The number of hydrogen-bond acceptors (Lipinski definition) is 10. The van der Waals surface area contributed by atoms with Crippen LogP contribution >= 0.6 is 0 Å². The summed E-state index contributed by atoms with van der Waals surface area (Å²) >= 11 is 0. The molecule has 0 radical (unpaired) electrons. The van der Waals surface area contributed by atoms with Crippen LogP contribution in [0.25, 0.3) is 0 Å². The van der Waals surface area contributed by atoms with Gasteiger partial charge in [0.2, 0.25) is 11.9 Å². The smallest absolute Gasteiger partial charge is 0.342 e. The summed E-state index contributed by atoms with van der Waals surface area (Å²) in [5, 5.41) is 34.4. The molecule has 3 N–H and O–H groups in total. The van der Waals surface area contributed by atoms with Gasteiger partial charge in [-0.15, -0.1) is 0 Å². The Hall–Kier alpha value is -1.75. The Morgan fingerprint density at radius 3 is 2.33 bits per heavy atom. The molecule has 6 rings (SSSR count). The molecule has 6 aliphatic rings. The topological polar surface area (TPSA) is 149 Å². The summed E-state index contributed by atoms with van der Waals surface area (Å²) in [5.41, 5.74) is -7.95. The lowest BCUT2D eigenvalue weighted by Gasteiger charge is -2.46. The molecule has 6 fully saturated rings. The third kappa shape index (κ3) is 1.35. The summed E-state index contributed by atoms with van der Waals surface area (Å²) in [4.78, 5) is 38.2. The Morgan fingerprint density at radius 1 is 1.03 bits per heavy atom. The first-order valence-electron chi connectivity index (χ1n) is 10.2. The summed E-state index contributed by atoms with van der Waals surface area (Å²) in [6.07, 6.45) is -6.73. The van der Waals surface area contributed by atoms with Gasteiger partial charge < -0.3 is 34.3 Å². The zero-order valence-electron chi connectivity index (χ0n) is 16.9. The van der Waals surface area contributed by atoms with Crippen LogP contribution < -0.4 is 0 Å². The van der Waals surface area contributed by atoms with E-state index >= 15 is 0 Å². The fraction of sp³-hybridized carbons (Fsp3) is 0.850. The van der Waals surface area contributed by atoms with E-state index in [1.807, 2.05) is 20.8 Å². The van der Waals surface area contributed by atoms with Crippen LogP contribution in [0.4, 0.5) is 0 Å². The minimum absolute atomic E-state index is 0.107. The fourth-order valence-corrected chi connectivity index (χ4v) is 8.22. The molecule has 4 saturated heterocycles. The van der Waals surface area contributed by atoms with Crippen LogP contribution in [0.1, 0.15) is 34.1 Å². The van der Waals surface area contributed by atoms with Gasteiger partial charge in [0.25, 0.3) is 0 Å². The van der Waals surface area contributed by atoms with Crippen LogP contribution in [0.15, 0.2) is 0 Å². The number of fused-ring (bicyclic) bond motifs is 1. The molecule has 0 aromatic carbocycles. The SMILES string of the molecule is C[C@H]1C(=O)O[C@H]2CC34[C@@H]5OC(=O)[C@]3(O[C@@H]3OC(=O)[C@@H](O)[C@@]34[C@H](C(C)(C)C)[C@H]5O)[C@]21O. The molecule has 2 saturated carbocycles. The summed E-state index contributed by atoms with van der Waals surface area (Å²) in [5.74, 6) is -4.43. The van der Waals surface area contributed by atoms with Crippen LogP contribution in [0.3, 0.4) is 0 Å². The second-order valence-corrected chi connectivity index (χ2v) is 10.7. The first-order chi connectivity index (χ1) is 13.8. The number of carbonyl (C=O) groups excluding carboxylic acids is 3. The van der Waals surface area contributed by atoms with E-state index in [0.717, 1.165) is 0 Å². The molecule has 10 heteroatoms. The maximum Gasteiger partial charge on any atom is 0.342 e. The molecule has 0 aromatic heterocycles. The molecule has 0 amide bonds. The number of esters is 3. The van der Waals surface area contributed by atoms with Gasteiger partial charge in [-0.25, -0.2) is 9.59 Å². The lowest BCUT2D eigenvalue weighted by Crippen LogP contribution is -2.66. The minimum atomic E-state index is -2.12. The number of aliphatic hydroxyl groups excluding tert-OH is 2. The highest BCUT2D eigenvalue weighted by Gasteiger charge is 3.02. The van der Waals surface area contributed by atoms with E-state index in [1.165, 1.54) is 6.92 Å². The van der Waals surface area contributed by atoms with E-state index in [1.54, 1.807) is 0 Å². The van der Waals surface area contributed by atoms with Crippen LogP contribution in [-0.2, 0) is 33.3 Å². The average Bonchev–Trinajstić information content (AvgIpc) is 3.32. The predicted octanol–water partition coefficient (Wildman–Crippen LogP) is -1.37. The van der Waals surface area contributed by atoms with Crippen molar-refractivity contribution in [1.29, 1.82) is 0 Å². The molecular formula is C20H24O10. The molecule has 2 aliphatic carbocycles. The number of rotatable bonds is 0. The van der Waals surface area contributed by atoms with E-state index < -0.39 is 87.9 Å². The van der Waals surface area contributed by atoms with Crippen molar-refractivity contribution in [1.82, 2.24) is 0 Å². The number of hydrogen-bond donors (Lipinski definition) is 3. The van der Waals surface area contributed by atoms with Gasteiger partial charge in [0.1, 0.15) is 12.2 Å². The minimum Gasteiger partial charge on any atom is -0.459 e. The first-order valence-corrected chi connectivity index (χ1v) is 10.2. The van der Waals surface area contributed by atoms with E-state index in [4.69, 9.17) is 18.9 Å². The van der Waals surface area contributed by atoms with E-state index in [-0.39, 0.29) is 6.42 Å². The molecule has 0 bridgehead atoms. The van der Waals surface area contributed by atoms with E-state index in [9.17, 15) is 29.7 Å². The molecule has 30 heavy (non-hydrogen) atoms. The van der Waals surface area contributed by atoms with Crippen LogP contribution in [0.2, 0.25) is 0 Å². The zero-order chi connectivity index (χ0) is 21.8. The molecule has 0 aromatic rings. The lowest BCUT2D eigenvalue weighted by molar-refractivity contribution is -0.239. The van der Waals surface area contributed by atoms with Gasteiger partial charge in [-0.3, -0.25) is 4.79 Å². The fourth-order valence-electron chi connectivity index (χ4n) is 8.22. The van der Waals surface area contributed by atoms with Crippen molar-refractivity contribution in [3.05, 3.63) is 0 Å². The van der Waals surface area contributed by atoms with Crippen molar-refractivity contribution in [2.75, 3.05) is 0 Å². The summed E-state index contributed by atoms with van der Waals surface area (Å²) in [6.45, 7) is 6.97. The quantitative estimate of drug-likeness (QED) is 0.314. The van der Waals surface area contributed by atoms with Gasteiger partial charge in [0.15, 0.2) is 11.7 Å². The predicted molar refractivity (Wildman–Crippen MR) is 92.0 cm³/mol. The highest BCUT2D eigenvalue weighted by Crippen LogP contribution is 2.84. The van der Waals surface area contributed by atoms with Gasteiger partial charge in [0, 0.05) is 12.3 Å². The summed E-state index contributed by atoms with van der Waals surface area (Å²) < 4.78 is 22.6. The molecule has 1 unspecified atom stereocenters. The second kappa shape index (κ2) is 4.69. The molecule has 2 spiro atoms. The monoisotopic (exact) mass is 424 g/mol. The van der Waals surface area contributed by atoms with Gasteiger partial charge in [0.05, 0.1) is 22.9 Å². The van der Waals surface area contributed by atoms with Gasteiger partial charge in [-0.1, -0.05) is 20.8 Å². The normalized spacial score (nSPS) is 60.1. The number of carbonyl (C=O) groups is 3. The standard InChI is InChI=1S/C20H24O10/c1-6-12(23)27-7-5-17-11-8(21)9(16(2,3)4)18(17)10(22)13(24)29-15(18)30-20(17,14(25)28-11)19(6,7)26/h6-11,15,21-22,26H,5H2,1-4H3/t6-,7-,8+,9-,10+,11+,15-,17?,18-,19+,20+/m0/s1. The Kier molecular flexibility index (Phi) is 2.97. The zero-order valence-corrected chi connectivity index (χ0v) is 16.9. The number of ether oxygens (including phenoxy) is 4. The molecule has 11 atom stereocenters. The van der Waals surface area contributed by atoms with Gasteiger partial charge >= 0.3 is 17.9 Å². The maximum atomic E-state index is 13.4. The van der Waals surface area contributed by atoms with Gasteiger partial charge in [-0.05, 0) is 12.3 Å². The Bertz CT molecular complexity index is 925. The van der Waals surface area contributed by atoms with Gasteiger partial charge in [-0.2, -0.15) is 0 Å². The largest absolute Gasteiger partial charge is 0.459 e. The molecule has 10 nitrogen and oxygen atoms in total. The van der Waals surface area contributed by atoms with Crippen LogP contribution in [0, 0.1) is 28.1 Å². The number of aliphatic hydroxyl groups is 3. The molecular weight excluding hydrogens is 400 g/mol. The van der Waals surface area contributed by atoms with Crippen molar-refractivity contribution < 1.29 is 48.7 Å². The van der Waals surface area contributed by atoms with Crippen molar-refractivity contribution in [2.45, 2.75) is 76.0 Å². The first kappa shape index (κ1) is 19.0. The summed E-state index contributed by atoms with van der Waals surface area (Å²) in [7, 11) is 0. The summed E-state index contributed by atoms with van der Waals surface area (Å²) in [6, 6.07) is 0. The highest BCUT2D eigenvalue weighted by molar-refractivity contribution is 5.93. The van der Waals surface area contributed by atoms with Crippen LogP contribution in [-0.4, -0.2) is 75.1 Å². The van der Waals surface area contributed by atoms with Crippen molar-refractivity contribution in [3.63, 3.8) is 0 Å².